The van der Waals surface area contributed by atoms with E-state index >= 15 is 0 Å². The standard InChI is InChI=1S/C19H20FN5OS3/c1-3-8-25-16(11-27-10-14-4-6-15(20)7-5-14)23-24-19(25)29-12-17(26)22-18-21-13(2)9-28-18/h3-7,9H,1,8,10-12H2,2H3,(H,21,22,26). The largest absolute Gasteiger partial charge is 0.301 e. The Morgan fingerprint density at radius 2 is 2.10 bits per heavy atom. The van der Waals surface area contributed by atoms with Crippen LogP contribution in [0.4, 0.5) is 9.52 Å². The molecule has 3 aromatic rings. The van der Waals surface area contributed by atoms with Gasteiger partial charge in [0.1, 0.15) is 11.6 Å². The summed E-state index contributed by atoms with van der Waals surface area (Å²) in [6, 6.07) is 6.48. The van der Waals surface area contributed by atoms with Gasteiger partial charge < -0.3 is 9.88 Å². The number of aromatic nitrogens is 4. The fourth-order valence-corrected chi connectivity index (χ4v) is 4.78. The minimum absolute atomic E-state index is 0.135. The van der Waals surface area contributed by atoms with Crippen molar-refractivity contribution in [3.63, 3.8) is 0 Å². The van der Waals surface area contributed by atoms with Gasteiger partial charge in [0.05, 0.1) is 17.2 Å². The molecule has 10 heteroatoms. The van der Waals surface area contributed by atoms with Crippen molar-refractivity contribution in [3.8, 4) is 0 Å². The second-order valence-corrected chi connectivity index (χ2v) is 8.83. The highest BCUT2D eigenvalue weighted by atomic mass is 32.2. The first-order valence-electron chi connectivity index (χ1n) is 8.75. The topological polar surface area (TPSA) is 72.7 Å². The molecule has 0 radical (unpaired) electrons. The van der Waals surface area contributed by atoms with Crippen LogP contribution in [-0.4, -0.2) is 31.4 Å². The molecule has 1 amide bonds. The zero-order valence-electron chi connectivity index (χ0n) is 15.8. The highest BCUT2D eigenvalue weighted by molar-refractivity contribution is 7.99. The number of amides is 1. The number of carbonyl (C=O) groups excluding carboxylic acids is 1. The van der Waals surface area contributed by atoms with Crippen LogP contribution in [0.2, 0.25) is 0 Å². The Morgan fingerprint density at radius 3 is 2.79 bits per heavy atom. The number of hydrogen-bond acceptors (Lipinski definition) is 7. The predicted molar refractivity (Wildman–Crippen MR) is 118 cm³/mol. The van der Waals surface area contributed by atoms with E-state index in [4.69, 9.17) is 0 Å². The smallest absolute Gasteiger partial charge is 0.236 e. The normalized spacial score (nSPS) is 10.8. The molecule has 2 aromatic heterocycles. The van der Waals surface area contributed by atoms with E-state index in [1.54, 1.807) is 30.0 Å². The third kappa shape index (κ3) is 6.41. The number of aryl methyl sites for hydroxylation is 1. The summed E-state index contributed by atoms with van der Waals surface area (Å²) >= 11 is 4.40. The van der Waals surface area contributed by atoms with Gasteiger partial charge in [0, 0.05) is 17.7 Å². The quantitative estimate of drug-likeness (QED) is 0.362. The van der Waals surface area contributed by atoms with E-state index in [1.165, 1.54) is 35.2 Å². The Bertz CT molecular complexity index is 971. The summed E-state index contributed by atoms with van der Waals surface area (Å²) in [7, 11) is 0. The molecule has 0 saturated heterocycles. The summed E-state index contributed by atoms with van der Waals surface area (Å²) < 4.78 is 14.9. The SMILES string of the molecule is C=CCn1c(CSCc2ccc(F)cc2)nnc1SCC(=O)Nc1nc(C)cs1. The third-order valence-corrected chi connectivity index (χ3v) is 6.56. The first-order valence-corrected chi connectivity index (χ1v) is 11.8. The number of carbonyl (C=O) groups is 1. The van der Waals surface area contributed by atoms with Crippen LogP contribution in [0.1, 0.15) is 17.1 Å². The van der Waals surface area contributed by atoms with Gasteiger partial charge in [-0.05, 0) is 24.6 Å². The molecule has 0 aliphatic carbocycles. The average molecular weight is 450 g/mol. The molecule has 1 N–H and O–H groups in total. The minimum atomic E-state index is -0.236. The first kappa shape index (κ1) is 21.5. The number of thiazole rings is 1. The highest BCUT2D eigenvalue weighted by Gasteiger charge is 2.14. The van der Waals surface area contributed by atoms with E-state index in [9.17, 15) is 9.18 Å². The van der Waals surface area contributed by atoms with Crippen molar-refractivity contribution >= 4 is 45.9 Å². The van der Waals surface area contributed by atoms with E-state index in [-0.39, 0.29) is 17.5 Å². The maximum atomic E-state index is 13.0. The van der Waals surface area contributed by atoms with Gasteiger partial charge in [-0.25, -0.2) is 9.37 Å². The molecular formula is C19H20FN5OS3. The van der Waals surface area contributed by atoms with Gasteiger partial charge in [-0.2, -0.15) is 0 Å². The summed E-state index contributed by atoms with van der Waals surface area (Å²) in [5, 5.41) is 14.4. The monoisotopic (exact) mass is 449 g/mol. The number of nitrogens with one attached hydrogen (secondary N) is 1. The molecule has 3 rings (SSSR count). The Morgan fingerprint density at radius 1 is 1.31 bits per heavy atom. The highest BCUT2D eigenvalue weighted by Crippen LogP contribution is 2.23. The molecule has 0 bridgehead atoms. The van der Waals surface area contributed by atoms with Crippen LogP contribution < -0.4 is 5.32 Å². The zero-order chi connectivity index (χ0) is 20.6. The summed E-state index contributed by atoms with van der Waals surface area (Å²) in [5.74, 6) is 2.07. The maximum Gasteiger partial charge on any atom is 0.236 e. The molecule has 0 aliphatic heterocycles. The third-order valence-electron chi connectivity index (χ3n) is 3.72. The van der Waals surface area contributed by atoms with Crippen LogP contribution >= 0.6 is 34.9 Å². The first-order chi connectivity index (χ1) is 14.0. The summed E-state index contributed by atoms with van der Waals surface area (Å²) in [4.78, 5) is 16.4. The number of halogens is 1. The lowest BCUT2D eigenvalue weighted by atomic mass is 10.2. The maximum absolute atomic E-state index is 13.0. The summed E-state index contributed by atoms with van der Waals surface area (Å²) in [6.45, 7) is 6.24. The predicted octanol–water partition coefficient (Wildman–Crippen LogP) is 4.53. The van der Waals surface area contributed by atoms with Crippen molar-refractivity contribution in [2.45, 2.75) is 30.1 Å². The second-order valence-electron chi connectivity index (χ2n) is 6.05. The Kier molecular flexibility index (Phi) is 7.84. The molecule has 1 aromatic carbocycles. The van der Waals surface area contributed by atoms with Crippen LogP contribution in [0.15, 0.2) is 47.5 Å². The van der Waals surface area contributed by atoms with E-state index < -0.39 is 0 Å². The molecule has 0 saturated carbocycles. The average Bonchev–Trinajstić information content (AvgIpc) is 3.28. The molecule has 0 atom stereocenters. The van der Waals surface area contributed by atoms with Crippen molar-refractivity contribution in [1.29, 1.82) is 0 Å². The zero-order valence-corrected chi connectivity index (χ0v) is 18.2. The van der Waals surface area contributed by atoms with Crippen molar-refractivity contribution in [1.82, 2.24) is 19.7 Å². The van der Waals surface area contributed by atoms with Gasteiger partial charge in [0.15, 0.2) is 10.3 Å². The van der Waals surface area contributed by atoms with Crippen LogP contribution in [0.5, 0.6) is 0 Å². The molecule has 0 spiro atoms. The van der Waals surface area contributed by atoms with E-state index in [0.717, 1.165) is 22.8 Å². The summed E-state index contributed by atoms with van der Waals surface area (Å²) in [6.07, 6.45) is 1.78. The van der Waals surface area contributed by atoms with Crippen LogP contribution in [-0.2, 0) is 22.8 Å². The lowest BCUT2D eigenvalue weighted by molar-refractivity contribution is -0.113. The van der Waals surface area contributed by atoms with Crippen molar-refractivity contribution in [2.24, 2.45) is 0 Å². The van der Waals surface area contributed by atoms with Crippen molar-refractivity contribution in [3.05, 3.63) is 65.2 Å². The number of thioether (sulfide) groups is 2. The van der Waals surface area contributed by atoms with Crippen molar-refractivity contribution < 1.29 is 9.18 Å². The van der Waals surface area contributed by atoms with Gasteiger partial charge in [-0.15, -0.1) is 39.9 Å². The Hall–Kier alpha value is -2.17. The fraction of sp³-hybridized carbons (Fsp3) is 0.263. The number of nitrogens with zero attached hydrogens (tertiary/aromatic N) is 4. The second kappa shape index (κ2) is 10.6. The molecule has 6 nitrogen and oxygen atoms in total. The number of benzene rings is 1. The number of hydrogen-bond donors (Lipinski definition) is 1. The minimum Gasteiger partial charge on any atom is -0.301 e. The molecule has 0 fully saturated rings. The molecular weight excluding hydrogens is 429 g/mol. The van der Waals surface area contributed by atoms with Gasteiger partial charge >= 0.3 is 0 Å². The van der Waals surface area contributed by atoms with Crippen molar-refractivity contribution in [2.75, 3.05) is 11.1 Å². The van der Waals surface area contributed by atoms with Gasteiger partial charge in [0.25, 0.3) is 0 Å². The van der Waals surface area contributed by atoms with E-state index in [0.29, 0.717) is 22.6 Å². The lowest BCUT2D eigenvalue weighted by Gasteiger charge is -2.08. The lowest BCUT2D eigenvalue weighted by Crippen LogP contribution is -2.14. The Balaban J connectivity index is 1.55. The number of rotatable bonds is 10. The molecule has 0 aliphatic rings. The molecule has 0 unspecified atom stereocenters. The van der Waals surface area contributed by atoms with E-state index in [2.05, 4.69) is 27.1 Å². The van der Waals surface area contributed by atoms with E-state index in [1.807, 2.05) is 16.9 Å². The Labute approximate surface area is 181 Å². The van der Waals surface area contributed by atoms with Gasteiger partial charge in [0.2, 0.25) is 5.91 Å². The molecule has 29 heavy (non-hydrogen) atoms. The van der Waals surface area contributed by atoms with Gasteiger partial charge in [-0.3, -0.25) is 4.79 Å². The fourth-order valence-electron chi connectivity index (χ4n) is 2.38. The van der Waals surface area contributed by atoms with Crippen LogP contribution in [0, 0.1) is 12.7 Å². The number of anilines is 1. The number of allylic oxidation sites excluding steroid dienone is 1. The van der Waals surface area contributed by atoms with Crippen LogP contribution in [0.25, 0.3) is 0 Å². The van der Waals surface area contributed by atoms with Crippen LogP contribution in [0.3, 0.4) is 0 Å². The summed E-state index contributed by atoms with van der Waals surface area (Å²) in [5.41, 5.74) is 1.93. The molecule has 152 valence electrons. The molecule has 2 heterocycles. The van der Waals surface area contributed by atoms with Gasteiger partial charge in [-0.1, -0.05) is 30.0 Å².